The molecular weight excluding hydrogens is 378 g/mol. The lowest BCUT2D eigenvalue weighted by molar-refractivity contribution is 0.0997. The number of anilines is 2. The average Bonchev–Trinajstić information content (AvgIpc) is 3.35. The van der Waals surface area contributed by atoms with Gasteiger partial charge in [0, 0.05) is 23.0 Å². The molecule has 28 heavy (non-hydrogen) atoms. The normalized spacial score (nSPS) is 13.0. The molecule has 0 radical (unpaired) electrons. The summed E-state index contributed by atoms with van der Waals surface area (Å²) in [5.41, 5.74) is 1.96. The highest BCUT2D eigenvalue weighted by Crippen LogP contribution is 2.29. The molecule has 0 spiro atoms. The Morgan fingerprint density at radius 1 is 0.893 bits per heavy atom. The van der Waals surface area contributed by atoms with Crippen LogP contribution in [0.25, 0.3) is 11.3 Å². The van der Waals surface area contributed by atoms with E-state index in [-0.39, 0.29) is 17.7 Å². The average molecular weight is 396 g/mol. The van der Waals surface area contributed by atoms with Crippen LogP contribution in [0.15, 0.2) is 65.1 Å². The summed E-state index contributed by atoms with van der Waals surface area (Å²) in [4.78, 5) is 24.2. The van der Waals surface area contributed by atoms with Gasteiger partial charge in [0.25, 0.3) is 5.91 Å². The highest BCUT2D eigenvalue weighted by atomic mass is 35.5. The molecule has 4 rings (SSSR count). The zero-order valence-electron chi connectivity index (χ0n) is 14.9. The quantitative estimate of drug-likeness (QED) is 0.559. The zero-order chi connectivity index (χ0) is 19.5. The van der Waals surface area contributed by atoms with Crippen molar-refractivity contribution < 1.29 is 14.0 Å². The minimum atomic E-state index is -0.370. The summed E-state index contributed by atoms with van der Waals surface area (Å²) >= 11 is 6.16. The molecule has 1 aromatic heterocycles. The van der Waals surface area contributed by atoms with E-state index >= 15 is 0 Å². The number of furan rings is 1. The van der Waals surface area contributed by atoms with Crippen molar-refractivity contribution in [1.82, 2.24) is 5.32 Å². The summed E-state index contributed by atoms with van der Waals surface area (Å²) in [5, 5.41) is 8.93. The van der Waals surface area contributed by atoms with Gasteiger partial charge in [-0.05, 0) is 61.4 Å². The Morgan fingerprint density at radius 3 is 2.25 bits per heavy atom. The number of benzene rings is 2. The number of rotatable bonds is 5. The van der Waals surface area contributed by atoms with Gasteiger partial charge in [0.05, 0.1) is 5.02 Å². The summed E-state index contributed by atoms with van der Waals surface area (Å²) < 4.78 is 5.64. The van der Waals surface area contributed by atoms with Crippen molar-refractivity contribution >= 4 is 34.9 Å². The molecule has 0 atom stereocenters. The smallest absolute Gasteiger partial charge is 0.319 e. The molecule has 6 nitrogen and oxygen atoms in total. The summed E-state index contributed by atoms with van der Waals surface area (Å²) in [6.45, 7) is 0. The lowest BCUT2D eigenvalue weighted by Gasteiger charge is -2.08. The molecular formula is C21H18ClN3O3. The van der Waals surface area contributed by atoms with Crippen LogP contribution in [0.1, 0.15) is 23.4 Å². The fourth-order valence-electron chi connectivity index (χ4n) is 2.68. The first-order valence-corrected chi connectivity index (χ1v) is 9.30. The predicted octanol–water partition coefficient (Wildman–Crippen LogP) is 5.14. The van der Waals surface area contributed by atoms with Crippen LogP contribution in [0.3, 0.4) is 0 Å². The number of carbonyl (C=O) groups excluding carboxylic acids is 2. The van der Waals surface area contributed by atoms with Gasteiger partial charge in [-0.1, -0.05) is 23.7 Å². The first kappa shape index (κ1) is 18.1. The molecule has 2 aromatic carbocycles. The number of urea groups is 1. The Balaban J connectivity index is 1.38. The standard InChI is InChI=1S/C21H18ClN3O3/c22-17-4-2-1-3-16(17)18-11-12-19(28-18)20(26)23-13-5-7-14(8-6-13)24-21(27)25-15-9-10-15/h1-8,11-12,15H,9-10H2,(H,23,26)(H2,24,25,27). The molecule has 1 fully saturated rings. The molecule has 3 amide bonds. The Hall–Kier alpha value is -3.25. The van der Waals surface area contributed by atoms with Crippen LogP contribution in [-0.4, -0.2) is 18.0 Å². The van der Waals surface area contributed by atoms with Crippen molar-refractivity contribution in [2.75, 3.05) is 10.6 Å². The zero-order valence-corrected chi connectivity index (χ0v) is 15.6. The summed E-state index contributed by atoms with van der Waals surface area (Å²) in [5.74, 6) is 0.336. The lowest BCUT2D eigenvalue weighted by atomic mass is 10.2. The van der Waals surface area contributed by atoms with Gasteiger partial charge in [-0.15, -0.1) is 0 Å². The molecule has 0 unspecified atom stereocenters. The maximum Gasteiger partial charge on any atom is 0.319 e. The Morgan fingerprint density at radius 2 is 1.57 bits per heavy atom. The van der Waals surface area contributed by atoms with E-state index in [0.717, 1.165) is 18.4 Å². The molecule has 0 bridgehead atoms. The third-order valence-electron chi connectivity index (χ3n) is 4.28. The van der Waals surface area contributed by atoms with E-state index in [0.29, 0.717) is 28.2 Å². The number of carbonyl (C=O) groups is 2. The van der Waals surface area contributed by atoms with E-state index in [1.54, 1.807) is 42.5 Å². The van der Waals surface area contributed by atoms with Gasteiger partial charge in [0.15, 0.2) is 5.76 Å². The van der Waals surface area contributed by atoms with Crippen molar-refractivity contribution in [2.24, 2.45) is 0 Å². The van der Waals surface area contributed by atoms with Crippen LogP contribution in [0, 0.1) is 0 Å². The maximum atomic E-state index is 12.4. The minimum Gasteiger partial charge on any atom is -0.451 e. The Kier molecular flexibility index (Phi) is 5.04. The SMILES string of the molecule is O=C(Nc1ccc(NC(=O)c2ccc(-c3ccccc3Cl)o2)cc1)NC1CC1. The van der Waals surface area contributed by atoms with Crippen LogP contribution in [0.4, 0.5) is 16.2 Å². The lowest BCUT2D eigenvalue weighted by Crippen LogP contribution is -2.30. The van der Waals surface area contributed by atoms with E-state index in [1.165, 1.54) is 0 Å². The maximum absolute atomic E-state index is 12.4. The summed E-state index contributed by atoms with van der Waals surface area (Å²) in [7, 11) is 0. The Bertz CT molecular complexity index is 1010. The fourth-order valence-corrected chi connectivity index (χ4v) is 2.90. The van der Waals surface area contributed by atoms with Gasteiger partial charge in [-0.25, -0.2) is 4.79 Å². The van der Waals surface area contributed by atoms with Gasteiger partial charge < -0.3 is 20.4 Å². The Labute approximate surface area is 166 Å². The summed E-state index contributed by atoms with van der Waals surface area (Å²) in [6.07, 6.45) is 2.06. The van der Waals surface area contributed by atoms with Crippen LogP contribution < -0.4 is 16.0 Å². The number of nitrogens with one attached hydrogen (secondary N) is 3. The van der Waals surface area contributed by atoms with Crippen LogP contribution >= 0.6 is 11.6 Å². The third kappa shape index (κ3) is 4.35. The van der Waals surface area contributed by atoms with E-state index in [1.807, 2.05) is 18.2 Å². The van der Waals surface area contributed by atoms with Crippen molar-refractivity contribution in [3.05, 3.63) is 71.4 Å². The predicted molar refractivity (Wildman–Crippen MR) is 109 cm³/mol. The second-order valence-electron chi connectivity index (χ2n) is 6.55. The van der Waals surface area contributed by atoms with E-state index in [2.05, 4.69) is 16.0 Å². The second-order valence-corrected chi connectivity index (χ2v) is 6.96. The largest absolute Gasteiger partial charge is 0.451 e. The van der Waals surface area contributed by atoms with Gasteiger partial charge in [0.1, 0.15) is 5.76 Å². The second kappa shape index (κ2) is 7.78. The van der Waals surface area contributed by atoms with Crippen molar-refractivity contribution in [1.29, 1.82) is 0 Å². The van der Waals surface area contributed by atoms with Crippen LogP contribution in [0.5, 0.6) is 0 Å². The molecule has 142 valence electrons. The monoisotopic (exact) mass is 395 g/mol. The van der Waals surface area contributed by atoms with E-state index in [4.69, 9.17) is 16.0 Å². The number of amides is 3. The van der Waals surface area contributed by atoms with E-state index in [9.17, 15) is 9.59 Å². The number of hydrogen-bond donors (Lipinski definition) is 3. The molecule has 3 N–H and O–H groups in total. The third-order valence-corrected chi connectivity index (χ3v) is 4.61. The molecule has 1 saturated carbocycles. The van der Waals surface area contributed by atoms with Gasteiger partial charge in [-0.3, -0.25) is 4.79 Å². The minimum absolute atomic E-state index is 0.181. The van der Waals surface area contributed by atoms with Crippen molar-refractivity contribution in [3.63, 3.8) is 0 Å². The number of halogens is 1. The van der Waals surface area contributed by atoms with Crippen LogP contribution in [-0.2, 0) is 0 Å². The molecule has 1 aliphatic carbocycles. The summed E-state index contributed by atoms with van der Waals surface area (Å²) in [6, 6.07) is 17.5. The van der Waals surface area contributed by atoms with Crippen molar-refractivity contribution in [2.45, 2.75) is 18.9 Å². The van der Waals surface area contributed by atoms with E-state index < -0.39 is 0 Å². The highest BCUT2D eigenvalue weighted by Gasteiger charge is 2.23. The van der Waals surface area contributed by atoms with Gasteiger partial charge >= 0.3 is 6.03 Å². The van der Waals surface area contributed by atoms with Crippen molar-refractivity contribution in [3.8, 4) is 11.3 Å². The first-order valence-electron chi connectivity index (χ1n) is 8.92. The topological polar surface area (TPSA) is 83.4 Å². The first-order chi connectivity index (χ1) is 13.6. The van der Waals surface area contributed by atoms with Gasteiger partial charge in [0.2, 0.25) is 0 Å². The highest BCUT2D eigenvalue weighted by molar-refractivity contribution is 6.33. The molecule has 7 heteroatoms. The van der Waals surface area contributed by atoms with Gasteiger partial charge in [-0.2, -0.15) is 0 Å². The molecule has 0 aliphatic heterocycles. The molecule has 3 aromatic rings. The molecule has 0 saturated heterocycles. The van der Waals surface area contributed by atoms with Crippen LogP contribution in [0.2, 0.25) is 5.02 Å². The number of hydrogen-bond acceptors (Lipinski definition) is 3. The molecule has 1 heterocycles. The molecule has 1 aliphatic rings. The fraction of sp³-hybridized carbons (Fsp3) is 0.143.